The number of rotatable bonds is 8. The highest BCUT2D eigenvalue weighted by molar-refractivity contribution is 5.76. The van der Waals surface area contributed by atoms with E-state index in [4.69, 9.17) is 4.74 Å². The average molecular weight is 554 g/mol. The lowest BCUT2D eigenvalue weighted by molar-refractivity contribution is -0.132. The maximum atomic E-state index is 13.4. The maximum Gasteiger partial charge on any atom is 0.222 e. The van der Waals surface area contributed by atoms with Crippen LogP contribution in [0.1, 0.15) is 36.0 Å². The standard InChI is InChI=1S/C34H43N5O2/c1-41-33-11-5-4-10-32(33)38-21-19-37(20-22-38)31-15-17-36(24-27-7-6-16-35-23-27)25-30(31)12-13-34(40)39-18-14-28-8-2-3-9-29(28)26-39/h2-11,16,23,30-31H,12-15,17-22,24-26H2,1H3/t30-,31+/m0/s1. The SMILES string of the molecule is COc1ccccc1N1CCN([C@@H]2CCN(Cc3cccnc3)C[C@@H]2CCC(=O)N2CCc3ccccc3C2)CC1. The molecule has 3 aromatic rings. The van der Waals surface area contributed by atoms with Crippen LogP contribution in [0, 0.1) is 5.92 Å². The second-order valence-corrected chi connectivity index (χ2v) is 11.8. The molecule has 2 aromatic carbocycles. The highest BCUT2D eigenvalue weighted by Gasteiger charge is 2.35. The number of amides is 1. The quantitative estimate of drug-likeness (QED) is 0.411. The molecule has 3 aliphatic rings. The molecule has 0 saturated carbocycles. The van der Waals surface area contributed by atoms with Crippen molar-refractivity contribution in [2.75, 3.05) is 57.8 Å². The zero-order chi connectivity index (χ0) is 28.0. The Morgan fingerprint density at radius 3 is 2.54 bits per heavy atom. The lowest BCUT2D eigenvalue weighted by atomic mass is 9.86. The van der Waals surface area contributed by atoms with Gasteiger partial charge in [0.25, 0.3) is 0 Å². The van der Waals surface area contributed by atoms with Gasteiger partial charge in [-0.1, -0.05) is 42.5 Å². The molecule has 0 bridgehead atoms. The van der Waals surface area contributed by atoms with E-state index in [0.29, 0.717) is 24.3 Å². The number of fused-ring (bicyclic) bond motifs is 1. The van der Waals surface area contributed by atoms with Gasteiger partial charge in [0, 0.05) is 77.2 Å². The summed E-state index contributed by atoms with van der Waals surface area (Å²) < 4.78 is 5.64. The number of hydrogen-bond acceptors (Lipinski definition) is 6. The summed E-state index contributed by atoms with van der Waals surface area (Å²) in [5.74, 6) is 1.73. The third-order valence-corrected chi connectivity index (χ3v) is 9.33. The molecule has 0 unspecified atom stereocenters. The highest BCUT2D eigenvalue weighted by atomic mass is 16.5. The number of ether oxygens (including phenoxy) is 1. The van der Waals surface area contributed by atoms with E-state index in [9.17, 15) is 4.79 Å². The van der Waals surface area contributed by atoms with Crippen LogP contribution in [0.4, 0.5) is 5.69 Å². The van der Waals surface area contributed by atoms with Gasteiger partial charge in [-0.25, -0.2) is 0 Å². The highest BCUT2D eigenvalue weighted by Crippen LogP contribution is 2.32. The Morgan fingerprint density at radius 2 is 1.73 bits per heavy atom. The number of likely N-dealkylation sites (tertiary alicyclic amines) is 1. The molecule has 2 atom stereocenters. The number of piperidine rings is 1. The van der Waals surface area contributed by atoms with E-state index in [-0.39, 0.29) is 0 Å². The Kier molecular flexibility index (Phi) is 8.82. The van der Waals surface area contributed by atoms with Crippen LogP contribution >= 0.6 is 0 Å². The van der Waals surface area contributed by atoms with Gasteiger partial charge >= 0.3 is 0 Å². The minimum Gasteiger partial charge on any atom is -0.495 e. The molecule has 0 N–H and O–H groups in total. The predicted molar refractivity (Wildman–Crippen MR) is 163 cm³/mol. The van der Waals surface area contributed by atoms with Gasteiger partial charge in [-0.2, -0.15) is 0 Å². The second kappa shape index (κ2) is 13.0. The van der Waals surface area contributed by atoms with E-state index in [0.717, 1.165) is 83.9 Å². The summed E-state index contributed by atoms with van der Waals surface area (Å²) in [6.45, 7) is 8.70. The molecule has 7 heteroatoms. The molecule has 0 radical (unpaired) electrons. The zero-order valence-electron chi connectivity index (χ0n) is 24.3. The number of carbonyl (C=O) groups excluding carboxylic acids is 1. The summed E-state index contributed by atoms with van der Waals surface area (Å²) in [6.07, 6.45) is 7.50. The molecule has 0 spiro atoms. The largest absolute Gasteiger partial charge is 0.495 e. The Balaban J connectivity index is 1.10. The van der Waals surface area contributed by atoms with Gasteiger partial charge in [0.15, 0.2) is 0 Å². The molecular formula is C34H43N5O2. The van der Waals surface area contributed by atoms with E-state index < -0.39 is 0 Å². The maximum absolute atomic E-state index is 13.4. The van der Waals surface area contributed by atoms with Gasteiger partial charge in [-0.05, 0) is 66.6 Å². The van der Waals surface area contributed by atoms with Crippen molar-refractivity contribution in [3.8, 4) is 5.75 Å². The fourth-order valence-electron chi connectivity index (χ4n) is 7.11. The summed E-state index contributed by atoms with van der Waals surface area (Å²) in [7, 11) is 1.75. The van der Waals surface area contributed by atoms with Gasteiger partial charge in [0.1, 0.15) is 5.75 Å². The number of anilines is 1. The summed E-state index contributed by atoms with van der Waals surface area (Å²) in [6, 6.07) is 21.6. The number of hydrogen-bond donors (Lipinski definition) is 0. The normalized spacial score (nSPS) is 21.9. The van der Waals surface area contributed by atoms with Crippen molar-refractivity contribution in [1.29, 1.82) is 0 Å². The minimum atomic E-state index is 0.309. The van der Waals surface area contributed by atoms with Crippen molar-refractivity contribution >= 4 is 11.6 Å². The molecule has 6 rings (SSSR count). The van der Waals surface area contributed by atoms with Crippen LogP contribution in [0.5, 0.6) is 5.75 Å². The van der Waals surface area contributed by atoms with Gasteiger partial charge in [0.05, 0.1) is 12.8 Å². The number of aromatic nitrogens is 1. The topological polar surface area (TPSA) is 52.2 Å². The first-order chi connectivity index (χ1) is 20.2. The number of carbonyl (C=O) groups is 1. The third-order valence-electron chi connectivity index (χ3n) is 9.33. The monoisotopic (exact) mass is 553 g/mol. The van der Waals surface area contributed by atoms with Crippen LogP contribution in [0.25, 0.3) is 0 Å². The molecule has 2 fully saturated rings. The molecule has 1 aromatic heterocycles. The number of benzene rings is 2. The fraction of sp³-hybridized carbons (Fsp3) is 0.471. The molecule has 41 heavy (non-hydrogen) atoms. The Morgan fingerprint density at radius 1 is 0.927 bits per heavy atom. The lowest BCUT2D eigenvalue weighted by Crippen LogP contribution is -2.56. The van der Waals surface area contributed by atoms with Crippen molar-refractivity contribution in [3.05, 3.63) is 89.7 Å². The van der Waals surface area contributed by atoms with Crippen molar-refractivity contribution < 1.29 is 9.53 Å². The summed E-state index contributed by atoms with van der Waals surface area (Å²) >= 11 is 0. The number of methoxy groups -OCH3 is 1. The van der Waals surface area contributed by atoms with E-state index in [1.54, 1.807) is 7.11 Å². The van der Waals surface area contributed by atoms with Gasteiger partial charge in [-0.15, -0.1) is 0 Å². The molecule has 1 amide bonds. The molecule has 4 heterocycles. The van der Waals surface area contributed by atoms with E-state index in [1.165, 1.54) is 22.4 Å². The first-order valence-electron chi connectivity index (χ1n) is 15.3. The van der Waals surface area contributed by atoms with E-state index in [2.05, 4.69) is 67.0 Å². The lowest BCUT2D eigenvalue weighted by Gasteiger charge is -2.47. The molecule has 0 aliphatic carbocycles. The minimum absolute atomic E-state index is 0.309. The number of para-hydroxylation sites is 2. The van der Waals surface area contributed by atoms with Crippen LogP contribution in [-0.4, -0.2) is 84.6 Å². The van der Waals surface area contributed by atoms with Crippen LogP contribution in [0.2, 0.25) is 0 Å². The van der Waals surface area contributed by atoms with Gasteiger partial charge < -0.3 is 14.5 Å². The fourth-order valence-corrected chi connectivity index (χ4v) is 7.11. The van der Waals surface area contributed by atoms with Crippen molar-refractivity contribution in [1.82, 2.24) is 19.7 Å². The van der Waals surface area contributed by atoms with E-state index in [1.807, 2.05) is 30.6 Å². The van der Waals surface area contributed by atoms with Crippen LogP contribution in [0.15, 0.2) is 73.1 Å². The number of piperazine rings is 1. The average Bonchev–Trinajstić information content (AvgIpc) is 3.04. The molecule has 3 aliphatic heterocycles. The Hall–Kier alpha value is -3.42. The van der Waals surface area contributed by atoms with Crippen molar-refractivity contribution in [3.63, 3.8) is 0 Å². The number of pyridine rings is 1. The third kappa shape index (κ3) is 6.57. The molecule has 216 valence electrons. The summed E-state index contributed by atoms with van der Waals surface area (Å²) in [5, 5.41) is 0. The molecule has 2 saturated heterocycles. The van der Waals surface area contributed by atoms with E-state index >= 15 is 0 Å². The van der Waals surface area contributed by atoms with Gasteiger partial charge in [0.2, 0.25) is 5.91 Å². The summed E-state index contributed by atoms with van der Waals surface area (Å²) in [4.78, 5) is 27.6. The first kappa shape index (κ1) is 27.7. The Bertz CT molecular complexity index is 1290. The molecular weight excluding hydrogens is 510 g/mol. The van der Waals surface area contributed by atoms with Crippen LogP contribution < -0.4 is 9.64 Å². The van der Waals surface area contributed by atoms with Crippen LogP contribution in [-0.2, 0) is 24.3 Å². The van der Waals surface area contributed by atoms with Crippen molar-refractivity contribution in [2.24, 2.45) is 5.92 Å². The summed E-state index contributed by atoms with van der Waals surface area (Å²) in [5.41, 5.74) is 5.14. The smallest absolute Gasteiger partial charge is 0.222 e. The Labute approximate surface area is 244 Å². The van der Waals surface area contributed by atoms with Crippen molar-refractivity contribution in [2.45, 2.75) is 44.8 Å². The van der Waals surface area contributed by atoms with Gasteiger partial charge in [-0.3, -0.25) is 19.6 Å². The second-order valence-electron chi connectivity index (χ2n) is 11.8. The van der Waals surface area contributed by atoms with Crippen LogP contribution in [0.3, 0.4) is 0 Å². The molecule has 7 nitrogen and oxygen atoms in total. The number of nitrogens with zero attached hydrogens (tertiary/aromatic N) is 5. The predicted octanol–water partition coefficient (Wildman–Crippen LogP) is 4.47. The zero-order valence-corrected chi connectivity index (χ0v) is 24.3. The first-order valence-corrected chi connectivity index (χ1v) is 15.3.